The van der Waals surface area contributed by atoms with Gasteiger partial charge in [0, 0.05) is 0 Å². The van der Waals surface area contributed by atoms with E-state index in [-0.39, 0.29) is 11.2 Å². The molecule has 1 nitrogen and oxygen atoms in total. The molecule has 0 aromatic rings. The van der Waals surface area contributed by atoms with Crippen LogP contribution in [0.4, 0.5) is 0 Å². The molecule has 0 aromatic carbocycles. The minimum absolute atomic E-state index is 0.162. The van der Waals surface area contributed by atoms with Gasteiger partial charge in [0.15, 0.2) is 0 Å². The molecule has 2 atom stereocenters. The van der Waals surface area contributed by atoms with Crippen LogP contribution in [-0.2, 0) is 4.74 Å². The van der Waals surface area contributed by atoms with Crippen molar-refractivity contribution in [1.29, 1.82) is 0 Å². The van der Waals surface area contributed by atoms with Gasteiger partial charge in [0.05, 0.1) is 11.2 Å². The number of rotatable bonds is 8. The van der Waals surface area contributed by atoms with Crippen molar-refractivity contribution in [2.45, 2.75) is 155 Å². The van der Waals surface area contributed by atoms with Crippen LogP contribution in [0.5, 0.6) is 0 Å². The topological polar surface area (TPSA) is 9.23 Å². The molecule has 0 heterocycles. The average Bonchev–Trinajstić information content (AvgIpc) is 2.88. The summed E-state index contributed by atoms with van der Waals surface area (Å²) in [5.41, 5.74) is 2.80. The lowest BCUT2D eigenvalue weighted by molar-refractivity contribution is -0.0866. The number of hydrogen-bond acceptors (Lipinski definition) is 1. The molecule has 0 aromatic heterocycles. The molecule has 0 aliphatic heterocycles. The van der Waals surface area contributed by atoms with E-state index >= 15 is 0 Å². The number of allylic oxidation sites excluding steroid dienone is 2. The average molecular weight is 483 g/mol. The monoisotopic (exact) mass is 482 g/mol. The molecule has 4 rings (SSSR count). The predicted octanol–water partition coefficient (Wildman–Crippen LogP) is 10.4. The molecule has 0 spiro atoms. The Morgan fingerprint density at radius 3 is 1.23 bits per heavy atom. The van der Waals surface area contributed by atoms with Crippen LogP contribution < -0.4 is 0 Å². The zero-order valence-corrected chi connectivity index (χ0v) is 24.3. The van der Waals surface area contributed by atoms with Crippen molar-refractivity contribution in [1.82, 2.24) is 0 Å². The Kier molecular flexibility index (Phi) is 9.32. The fourth-order valence-corrected chi connectivity index (χ4v) is 8.56. The summed E-state index contributed by atoms with van der Waals surface area (Å²) in [6.45, 7) is 14.1. The molecular weight excluding hydrogens is 424 g/mol. The maximum Gasteiger partial charge on any atom is 0.0847 e. The van der Waals surface area contributed by atoms with Crippen molar-refractivity contribution in [3.63, 3.8) is 0 Å². The van der Waals surface area contributed by atoms with Crippen molar-refractivity contribution in [2.75, 3.05) is 0 Å². The van der Waals surface area contributed by atoms with E-state index in [0.717, 1.165) is 35.5 Å². The van der Waals surface area contributed by atoms with Gasteiger partial charge in [-0.2, -0.15) is 0 Å². The van der Waals surface area contributed by atoms with E-state index in [9.17, 15) is 0 Å². The molecule has 0 amide bonds. The normalized spacial score (nSPS) is 35.4. The summed E-state index contributed by atoms with van der Waals surface area (Å²) in [4.78, 5) is 0. The van der Waals surface area contributed by atoms with Crippen molar-refractivity contribution in [2.24, 2.45) is 35.5 Å². The Bertz CT molecular complexity index is 662. The number of ether oxygens (including phenoxy) is 1. The predicted molar refractivity (Wildman–Crippen MR) is 152 cm³/mol. The van der Waals surface area contributed by atoms with E-state index < -0.39 is 0 Å². The van der Waals surface area contributed by atoms with E-state index in [4.69, 9.17) is 4.74 Å². The maximum atomic E-state index is 6.99. The summed E-state index contributed by atoms with van der Waals surface area (Å²) in [6.07, 6.45) is 27.6. The summed E-state index contributed by atoms with van der Waals surface area (Å²) in [7, 11) is 0. The van der Waals surface area contributed by atoms with Crippen molar-refractivity contribution >= 4 is 0 Å². The zero-order valence-electron chi connectivity index (χ0n) is 24.3. The Balaban J connectivity index is 1.29. The molecule has 4 aliphatic rings. The van der Waals surface area contributed by atoms with Gasteiger partial charge in [-0.25, -0.2) is 0 Å². The fourth-order valence-electron chi connectivity index (χ4n) is 8.56. The van der Waals surface area contributed by atoms with Crippen LogP contribution in [0, 0.1) is 35.5 Å². The van der Waals surface area contributed by atoms with E-state index in [1.807, 2.05) is 0 Å². The summed E-state index contributed by atoms with van der Waals surface area (Å²) < 4.78 is 6.99. The van der Waals surface area contributed by atoms with Gasteiger partial charge in [0.2, 0.25) is 0 Å². The lowest BCUT2D eigenvalue weighted by Gasteiger charge is -2.43. The first-order valence-corrected chi connectivity index (χ1v) is 15.8. The molecule has 4 aliphatic carbocycles. The molecule has 200 valence electrons. The van der Waals surface area contributed by atoms with Crippen molar-refractivity contribution in [3.05, 3.63) is 23.3 Å². The fraction of sp³-hybridized carbons (Fsp3) is 0.882. The molecule has 0 radical (unpaired) electrons. The number of hydrogen-bond donors (Lipinski definition) is 0. The second kappa shape index (κ2) is 11.9. The van der Waals surface area contributed by atoms with Crippen molar-refractivity contribution < 1.29 is 4.74 Å². The van der Waals surface area contributed by atoms with Crippen molar-refractivity contribution in [3.8, 4) is 0 Å². The molecule has 0 bridgehead atoms. The second-order valence-corrected chi connectivity index (χ2v) is 14.0. The third kappa shape index (κ3) is 6.86. The highest BCUT2D eigenvalue weighted by Gasteiger charge is 2.38. The largest absolute Gasteiger partial charge is 0.361 e. The molecule has 2 saturated carbocycles. The van der Waals surface area contributed by atoms with E-state index in [0.29, 0.717) is 0 Å². The molecule has 2 unspecified atom stereocenters. The quantitative estimate of drug-likeness (QED) is 0.313. The first kappa shape index (κ1) is 27.5. The van der Waals surface area contributed by atoms with Gasteiger partial charge in [0.1, 0.15) is 0 Å². The van der Waals surface area contributed by atoms with Crippen LogP contribution in [0.3, 0.4) is 0 Å². The SMILES string of the molecule is CCC1CCC(C2CC=C(C(C)(C)OC(C)(C)C3=CCC(C4CCC(CC)CC4)CC3)CC2)CC1. The Morgan fingerprint density at radius 2 is 0.943 bits per heavy atom. The third-order valence-corrected chi connectivity index (χ3v) is 11.2. The van der Waals surface area contributed by atoms with Crippen LogP contribution >= 0.6 is 0 Å². The lowest BCUT2D eigenvalue weighted by atomic mass is 9.69. The van der Waals surface area contributed by atoms with Crippen LogP contribution in [0.1, 0.15) is 144 Å². The first-order valence-electron chi connectivity index (χ1n) is 15.8. The molecule has 1 heteroatoms. The molecular formula is C34H58O. The van der Waals surface area contributed by atoms with E-state index in [1.165, 1.54) is 103 Å². The van der Waals surface area contributed by atoms with Gasteiger partial charge < -0.3 is 4.74 Å². The molecule has 35 heavy (non-hydrogen) atoms. The minimum Gasteiger partial charge on any atom is -0.361 e. The summed E-state index contributed by atoms with van der Waals surface area (Å²) >= 11 is 0. The molecule has 0 saturated heterocycles. The Morgan fingerprint density at radius 1 is 0.571 bits per heavy atom. The highest BCUT2D eigenvalue weighted by Crippen LogP contribution is 2.45. The van der Waals surface area contributed by atoms with Crippen LogP contribution in [-0.4, -0.2) is 11.2 Å². The van der Waals surface area contributed by atoms with Gasteiger partial charge in [-0.3, -0.25) is 0 Å². The van der Waals surface area contributed by atoms with Gasteiger partial charge in [-0.15, -0.1) is 0 Å². The standard InChI is InChI=1S/C34H58O/c1-7-25-9-13-27(14-10-25)29-17-21-31(22-18-29)33(3,4)35-34(5,6)32-23-19-30(20-24-32)28-15-11-26(8-2)12-16-28/h21,23,25-30H,7-20,22,24H2,1-6H3. The smallest absolute Gasteiger partial charge is 0.0847 e. The van der Waals surface area contributed by atoms with Crippen LogP contribution in [0.15, 0.2) is 23.3 Å². The lowest BCUT2D eigenvalue weighted by Crippen LogP contribution is -2.41. The van der Waals surface area contributed by atoms with E-state index in [1.54, 1.807) is 11.1 Å². The van der Waals surface area contributed by atoms with Gasteiger partial charge in [-0.05, 0) is 139 Å². The zero-order chi connectivity index (χ0) is 25.1. The highest BCUT2D eigenvalue weighted by atomic mass is 16.5. The maximum absolute atomic E-state index is 6.99. The Labute approximate surface area is 218 Å². The third-order valence-electron chi connectivity index (χ3n) is 11.2. The Hall–Kier alpha value is -0.560. The summed E-state index contributed by atoms with van der Waals surface area (Å²) in [5.74, 6) is 5.82. The van der Waals surface area contributed by atoms with Gasteiger partial charge in [0.25, 0.3) is 0 Å². The first-order chi connectivity index (χ1) is 16.7. The summed E-state index contributed by atoms with van der Waals surface area (Å²) in [6, 6.07) is 0. The molecule has 0 N–H and O–H groups in total. The van der Waals surface area contributed by atoms with Gasteiger partial charge >= 0.3 is 0 Å². The highest BCUT2D eigenvalue weighted by molar-refractivity contribution is 5.22. The van der Waals surface area contributed by atoms with E-state index in [2.05, 4.69) is 53.7 Å². The molecule has 2 fully saturated rings. The van der Waals surface area contributed by atoms with Gasteiger partial charge in [-0.1, -0.05) is 64.5 Å². The van der Waals surface area contributed by atoms with Crippen LogP contribution in [0.2, 0.25) is 0 Å². The second-order valence-electron chi connectivity index (χ2n) is 14.0. The summed E-state index contributed by atoms with van der Waals surface area (Å²) in [5, 5.41) is 0. The van der Waals surface area contributed by atoms with Crippen LogP contribution in [0.25, 0.3) is 0 Å². The minimum atomic E-state index is -0.162.